The van der Waals surface area contributed by atoms with Crippen LogP contribution in [0.15, 0.2) is 48.5 Å². The van der Waals surface area contributed by atoms with Gasteiger partial charge in [0.05, 0.1) is 0 Å². The number of hydrogen-bond acceptors (Lipinski definition) is 2. The molecule has 2 aromatic carbocycles. The summed E-state index contributed by atoms with van der Waals surface area (Å²) in [6.45, 7) is 5.21. The summed E-state index contributed by atoms with van der Waals surface area (Å²) < 4.78 is 13.0. The fraction of sp³-hybridized carbons (Fsp3) is 0.400. The second-order valence-corrected chi connectivity index (χ2v) is 6.60. The van der Waals surface area contributed by atoms with E-state index >= 15 is 0 Å². The average molecular weight is 312 g/mol. The summed E-state index contributed by atoms with van der Waals surface area (Å²) in [5.74, 6) is -0.164. The van der Waals surface area contributed by atoms with Crippen LogP contribution in [0.25, 0.3) is 0 Å². The molecule has 0 amide bonds. The fourth-order valence-corrected chi connectivity index (χ4v) is 3.33. The maximum Gasteiger partial charge on any atom is 0.123 e. The van der Waals surface area contributed by atoms with Crippen molar-refractivity contribution < 1.29 is 4.39 Å². The van der Waals surface area contributed by atoms with Gasteiger partial charge < -0.3 is 4.90 Å². The monoisotopic (exact) mass is 312 g/mol. The van der Waals surface area contributed by atoms with E-state index in [1.807, 2.05) is 12.1 Å². The van der Waals surface area contributed by atoms with Gasteiger partial charge in [0.1, 0.15) is 5.82 Å². The average Bonchev–Trinajstić information content (AvgIpc) is 2.58. The number of halogens is 1. The molecule has 23 heavy (non-hydrogen) atoms. The van der Waals surface area contributed by atoms with Gasteiger partial charge in [0.15, 0.2) is 0 Å². The molecule has 1 heterocycles. The summed E-state index contributed by atoms with van der Waals surface area (Å²) in [7, 11) is 2.18. The molecular weight excluding hydrogens is 287 g/mol. The summed E-state index contributed by atoms with van der Waals surface area (Å²) >= 11 is 0. The van der Waals surface area contributed by atoms with Crippen LogP contribution in [0.4, 0.5) is 10.1 Å². The Morgan fingerprint density at radius 3 is 2.22 bits per heavy atom. The zero-order valence-electron chi connectivity index (χ0n) is 14.0. The smallest absolute Gasteiger partial charge is 0.123 e. The number of aryl methyl sites for hydroxylation is 1. The predicted octanol–water partition coefficient (Wildman–Crippen LogP) is 4.23. The molecule has 0 bridgehead atoms. The highest BCUT2D eigenvalue weighted by Gasteiger charge is 2.22. The van der Waals surface area contributed by atoms with E-state index in [4.69, 9.17) is 0 Å². The molecule has 0 spiro atoms. The van der Waals surface area contributed by atoms with Gasteiger partial charge in [0.2, 0.25) is 0 Å². The van der Waals surface area contributed by atoms with Crippen LogP contribution in [0.1, 0.15) is 24.0 Å². The van der Waals surface area contributed by atoms with Gasteiger partial charge in [0, 0.05) is 31.4 Å². The number of rotatable bonds is 4. The predicted molar refractivity (Wildman–Crippen MR) is 94.3 cm³/mol. The molecule has 1 aliphatic rings. The Bertz CT molecular complexity index is 613. The summed E-state index contributed by atoms with van der Waals surface area (Å²) in [5, 5.41) is 0. The summed E-state index contributed by atoms with van der Waals surface area (Å²) in [5.41, 5.74) is 3.81. The molecule has 0 aliphatic carbocycles. The van der Waals surface area contributed by atoms with Crippen molar-refractivity contribution in [1.29, 1.82) is 0 Å². The van der Waals surface area contributed by atoms with Gasteiger partial charge in [-0.1, -0.05) is 29.8 Å². The van der Waals surface area contributed by atoms with E-state index in [9.17, 15) is 4.39 Å². The SMILES string of the molecule is Cc1ccc(N2CCC(N(C)Cc3ccc(F)cc3)CC2)cc1. The molecule has 2 nitrogen and oxygen atoms in total. The molecule has 3 rings (SSSR count). The van der Waals surface area contributed by atoms with Crippen molar-refractivity contribution in [1.82, 2.24) is 4.90 Å². The molecule has 1 saturated heterocycles. The van der Waals surface area contributed by atoms with Crippen molar-refractivity contribution in [3.05, 3.63) is 65.5 Å². The largest absolute Gasteiger partial charge is 0.371 e. The van der Waals surface area contributed by atoms with Crippen LogP contribution in [-0.4, -0.2) is 31.1 Å². The zero-order valence-corrected chi connectivity index (χ0v) is 14.0. The van der Waals surface area contributed by atoms with Crippen molar-refractivity contribution in [2.24, 2.45) is 0 Å². The maximum atomic E-state index is 13.0. The van der Waals surface area contributed by atoms with Crippen LogP contribution >= 0.6 is 0 Å². The molecule has 3 heteroatoms. The van der Waals surface area contributed by atoms with E-state index in [1.54, 1.807) is 12.1 Å². The first-order valence-corrected chi connectivity index (χ1v) is 8.38. The van der Waals surface area contributed by atoms with Gasteiger partial charge >= 0.3 is 0 Å². The van der Waals surface area contributed by atoms with Crippen molar-refractivity contribution in [3.63, 3.8) is 0 Å². The van der Waals surface area contributed by atoms with Crippen LogP contribution in [-0.2, 0) is 6.54 Å². The molecule has 122 valence electrons. The molecule has 1 aliphatic heterocycles. The third-order valence-electron chi connectivity index (χ3n) is 4.83. The van der Waals surface area contributed by atoms with Gasteiger partial charge in [0.25, 0.3) is 0 Å². The molecular formula is C20H25FN2. The number of hydrogen-bond donors (Lipinski definition) is 0. The quantitative estimate of drug-likeness (QED) is 0.833. The molecule has 0 unspecified atom stereocenters. The topological polar surface area (TPSA) is 6.48 Å². The Kier molecular flexibility index (Phi) is 4.97. The minimum atomic E-state index is -0.164. The van der Waals surface area contributed by atoms with Crippen LogP contribution in [0.2, 0.25) is 0 Å². The summed E-state index contributed by atoms with van der Waals surface area (Å²) in [4.78, 5) is 4.88. The summed E-state index contributed by atoms with van der Waals surface area (Å²) in [6.07, 6.45) is 2.34. The minimum absolute atomic E-state index is 0.164. The van der Waals surface area contributed by atoms with E-state index in [1.165, 1.54) is 29.7 Å². The van der Waals surface area contributed by atoms with Crippen LogP contribution < -0.4 is 4.90 Å². The van der Waals surface area contributed by atoms with E-state index in [2.05, 4.69) is 48.0 Å². The van der Waals surface area contributed by atoms with Crippen LogP contribution in [0.5, 0.6) is 0 Å². The maximum absolute atomic E-state index is 13.0. The third-order valence-corrected chi connectivity index (χ3v) is 4.83. The first kappa shape index (κ1) is 16.0. The highest BCUT2D eigenvalue weighted by molar-refractivity contribution is 5.47. The van der Waals surface area contributed by atoms with Crippen LogP contribution in [0.3, 0.4) is 0 Å². The van der Waals surface area contributed by atoms with Crippen molar-refractivity contribution in [2.75, 3.05) is 25.0 Å². The highest BCUT2D eigenvalue weighted by atomic mass is 19.1. The van der Waals surface area contributed by atoms with Crippen LogP contribution in [0, 0.1) is 12.7 Å². The number of nitrogens with zero attached hydrogens (tertiary/aromatic N) is 2. The minimum Gasteiger partial charge on any atom is -0.371 e. The second kappa shape index (κ2) is 7.14. The zero-order chi connectivity index (χ0) is 16.2. The Morgan fingerprint density at radius 1 is 1.00 bits per heavy atom. The standard InChI is InChI=1S/C20H25FN2/c1-16-3-9-20(10-4-16)23-13-11-19(12-14-23)22(2)15-17-5-7-18(21)8-6-17/h3-10,19H,11-15H2,1-2H3. The van der Waals surface area contributed by atoms with Crippen molar-refractivity contribution >= 4 is 5.69 Å². The third kappa shape index (κ3) is 4.11. The lowest BCUT2D eigenvalue weighted by Crippen LogP contribution is -2.43. The van der Waals surface area contributed by atoms with Gasteiger partial charge in [-0.3, -0.25) is 4.90 Å². The molecule has 1 fully saturated rings. The first-order chi connectivity index (χ1) is 11.1. The van der Waals surface area contributed by atoms with E-state index < -0.39 is 0 Å². The lowest BCUT2D eigenvalue weighted by atomic mass is 10.0. The van der Waals surface area contributed by atoms with Gasteiger partial charge in [-0.25, -0.2) is 4.39 Å². The second-order valence-electron chi connectivity index (χ2n) is 6.60. The number of piperidine rings is 1. The Balaban J connectivity index is 1.53. The Labute approximate surface area is 138 Å². The Hall–Kier alpha value is -1.87. The molecule has 0 saturated carbocycles. The number of benzene rings is 2. The van der Waals surface area contributed by atoms with E-state index in [0.29, 0.717) is 6.04 Å². The van der Waals surface area contributed by atoms with Crippen molar-refractivity contribution in [2.45, 2.75) is 32.4 Å². The molecule has 0 aromatic heterocycles. The van der Waals surface area contributed by atoms with E-state index in [0.717, 1.165) is 19.6 Å². The lowest BCUT2D eigenvalue weighted by Gasteiger charge is -2.38. The molecule has 0 N–H and O–H groups in total. The molecule has 0 atom stereocenters. The summed E-state index contributed by atoms with van der Waals surface area (Å²) in [6, 6.07) is 16.3. The van der Waals surface area contributed by atoms with Gasteiger partial charge in [-0.05, 0) is 56.6 Å². The number of anilines is 1. The lowest BCUT2D eigenvalue weighted by molar-refractivity contribution is 0.200. The first-order valence-electron chi connectivity index (χ1n) is 8.38. The van der Waals surface area contributed by atoms with Gasteiger partial charge in [-0.15, -0.1) is 0 Å². The van der Waals surface area contributed by atoms with E-state index in [-0.39, 0.29) is 5.82 Å². The molecule has 2 aromatic rings. The normalized spacial score (nSPS) is 16.1. The molecule has 0 radical (unpaired) electrons. The fourth-order valence-electron chi connectivity index (χ4n) is 3.33. The highest BCUT2D eigenvalue weighted by Crippen LogP contribution is 2.23. The van der Waals surface area contributed by atoms with Crippen molar-refractivity contribution in [3.8, 4) is 0 Å². The Morgan fingerprint density at radius 2 is 1.61 bits per heavy atom. The van der Waals surface area contributed by atoms with Gasteiger partial charge in [-0.2, -0.15) is 0 Å².